The maximum absolute atomic E-state index is 11.3. The summed E-state index contributed by atoms with van der Waals surface area (Å²) in [5, 5.41) is 2.82. The fourth-order valence-electron chi connectivity index (χ4n) is 1.42. The van der Waals surface area contributed by atoms with E-state index in [9.17, 15) is 4.79 Å². The first-order chi connectivity index (χ1) is 5.68. The van der Waals surface area contributed by atoms with Crippen LogP contribution in [0, 0.1) is 0 Å². The normalized spacial score (nSPS) is 20.2. The Morgan fingerprint density at radius 3 is 3.00 bits per heavy atom. The molecule has 0 bridgehead atoms. The van der Waals surface area contributed by atoms with Crippen LogP contribution in [-0.4, -0.2) is 17.0 Å². The Balaban J connectivity index is 0.000000845. The third-order valence-electron chi connectivity index (χ3n) is 2.08. The summed E-state index contributed by atoms with van der Waals surface area (Å²) in [5.74, 6) is 0.0128. The average molecular weight is 263 g/mol. The second kappa shape index (κ2) is 3.75. The molecule has 1 aliphatic heterocycles. The Bertz CT molecular complexity index is 337. The summed E-state index contributed by atoms with van der Waals surface area (Å²) in [5.41, 5.74) is 0.737. The van der Waals surface area contributed by atoms with Gasteiger partial charge in [-0.25, -0.2) is 0 Å². The number of fused-ring (bicyclic) bond motifs is 1. The Morgan fingerprint density at radius 1 is 1.69 bits per heavy atom. The smallest absolute Gasteiger partial charge is 0.268 e. The molecule has 0 radical (unpaired) electrons. The summed E-state index contributed by atoms with van der Waals surface area (Å²) < 4.78 is 2.95. The van der Waals surface area contributed by atoms with Crippen LogP contribution in [0.5, 0.6) is 0 Å². The summed E-state index contributed by atoms with van der Waals surface area (Å²) in [6.07, 6.45) is 1.94. The Labute approximate surface area is 92.1 Å². The number of aromatic nitrogens is 1. The number of nitrogens with zero attached hydrogens (tertiary/aromatic N) is 1. The largest absolute Gasteiger partial charge is 0.349 e. The van der Waals surface area contributed by atoms with E-state index in [1.807, 2.05) is 16.8 Å². The van der Waals surface area contributed by atoms with Gasteiger partial charge in [0, 0.05) is 23.3 Å². The molecule has 0 saturated carbocycles. The van der Waals surface area contributed by atoms with Crippen molar-refractivity contribution < 1.29 is 4.79 Å². The highest BCUT2D eigenvalue weighted by Gasteiger charge is 2.21. The van der Waals surface area contributed by atoms with Crippen LogP contribution in [-0.2, 0) is 0 Å². The first kappa shape index (κ1) is 10.7. The molecule has 0 aromatic carbocycles. The van der Waals surface area contributed by atoms with Gasteiger partial charge in [0.1, 0.15) is 5.69 Å². The van der Waals surface area contributed by atoms with Gasteiger partial charge in [0.05, 0.1) is 0 Å². The molecular formula is C8H11BrN2OS. The first-order valence-corrected chi connectivity index (χ1v) is 4.63. The highest BCUT2D eigenvalue weighted by atomic mass is 79.9. The lowest BCUT2D eigenvalue weighted by Gasteiger charge is -2.22. The molecule has 1 aromatic heterocycles. The number of amides is 1. The molecule has 1 amide bonds. The molecule has 0 unspecified atom stereocenters. The van der Waals surface area contributed by atoms with Gasteiger partial charge in [0.2, 0.25) is 0 Å². The third kappa shape index (κ3) is 1.76. The molecule has 5 heteroatoms. The number of nitrogens with one attached hydrogen (secondary N) is 1. The molecule has 0 spiro atoms. The minimum Gasteiger partial charge on any atom is -0.349 e. The maximum atomic E-state index is 11.3. The van der Waals surface area contributed by atoms with Crippen molar-refractivity contribution in [2.45, 2.75) is 13.0 Å². The lowest BCUT2D eigenvalue weighted by Crippen LogP contribution is -2.37. The highest BCUT2D eigenvalue weighted by Crippen LogP contribution is 2.21. The van der Waals surface area contributed by atoms with E-state index in [-0.39, 0.29) is 19.4 Å². The number of hydrogen-bond donors (Lipinski definition) is 1. The molecule has 3 nitrogen and oxygen atoms in total. The molecule has 0 aliphatic carbocycles. The molecule has 0 fully saturated rings. The molecule has 2 heterocycles. The summed E-state index contributed by atoms with van der Waals surface area (Å²) in [6.45, 7) is 2.79. The standard InChI is InChI=1S/C8H9BrN2O.H2S/c1-5-3-10-8(12)7-2-6(9)4-11(5)7;/h2,4-5H,3H2,1H3,(H,10,12);1H2/t5-;/m0./s1. The number of carbonyl (C=O) groups is 1. The van der Waals surface area contributed by atoms with E-state index < -0.39 is 0 Å². The monoisotopic (exact) mass is 262 g/mol. The number of halogens is 1. The van der Waals surface area contributed by atoms with Crippen LogP contribution in [0.3, 0.4) is 0 Å². The van der Waals surface area contributed by atoms with Gasteiger partial charge in [-0.3, -0.25) is 4.79 Å². The molecule has 72 valence electrons. The average Bonchev–Trinajstić information content (AvgIpc) is 2.41. The molecule has 2 rings (SSSR count). The fraction of sp³-hybridized carbons (Fsp3) is 0.375. The lowest BCUT2D eigenvalue weighted by molar-refractivity contribution is 0.0918. The van der Waals surface area contributed by atoms with Crippen LogP contribution in [0.15, 0.2) is 16.7 Å². The van der Waals surface area contributed by atoms with Crippen molar-refractivity contribution in [3.05, 3.63) is 22.4 Å². The van der Waals surface area contributed by atoms with E-state index in [0.29, 0.717) is 12.6 Å². The predicted octanol–water partition coefficient (Wildman–Crippen LogP) is 1.67. The van der Waals surface area contributed by atoms with Crippen LogP contribution in [0.2, 0.25) is 0 Å². The van der Waals surface area contributed by atoms with Crippen molar-refractivity contribution in [1.82, 2.24) is 9.88 Å². The molecule has 1 atom stereocenters. The molecule has 13 heavy (non-hydrogen) atoms. The summed E-state index contributed by atoms with van der Waals surface area (Å²) in [4.78, 5) is 11.3. The fourth-order valence-corrected chi connectivity index (χ4v) is 1.86. The van der Waals surface area contributed by atoms with Crippen molar-refractivity contribution in [1.29, 1.82) is 0 Å². The van der Waals surface area contributed by atoms with Crippen molar-refractivity contribution >= 4 is 35.3 Å². The molecule has 0 saturated heterocycles. The van der Waals surface area contributed by atoms with Gasteiger partial charge in [-0.1, -0.05) is 0 Å². The van der Waals surface area contributed by atoms with Gasteiger partial charge in [-0.2, -0.15) is 13.5 Å². The summed E-state index contributed by atoms with van der Waals surface area (Å²) in [7, 11) is 0. The van der Waals surface area contributed by atoms with E-state index in [2.05, 4.69) is 28.2 Å². The molecule has 1 N–H and O–H groups in total. The van der Waals surface area contributed by atoms with Gasteiger partial charge < -0.3 is 9.88 Å². The van der Waals surface area contributed by atoms with Crippen molar-refractivity contribution in [3.8, 4) is 0 Å². The Kier molecular flexibility index (Phi) is 3.08. The zero-order valence-corrected chi connectivity index (χ0v) is 9.76. The van der Waals surface area contributed by atoms with Crippen molar-refractivity contribution in [2.75, 3.05) is 6.54 Å². The number of rotatable bonds is 0. The highest BCUT2D eigenvalue weighted by molar-refractivity contribution is 9.10. The zero-order valence-electron chi connectivity index (χ0n) is 7.17. The Hall–Kier alpha value is -0.420. The van der Waals surface area contributed by atoms with Gasteiger partial charge in [0.25, 0.3) is 5.91 Å². The number of carbonyl (C=O) groups excluding carboxylic acids is 1. The number of hydrogen-bond acceptors (Lipinski definition) is 1. The van der Waals surface area contributed by atoms with Gasteiger partial charge in [-0.05, 0) is 28.9 Å². The van der Waals surface area contributed by atoms with Crippen LogP contribution < -0.4 is 5.32 Å². The second-order valence-corrected chi connectivity index (χ2v) is 3.93. The Morgan fingerprint density at radius 2 is 2.38 bits per heavy atom. The van der Waals surface area contributed by atoms with Crippen molar-refractivity contribution in [2.24, 2.45) is 0 Å². The molecule has 1 aromatic rings. The molecule has 1 aliphatic rings. The topological polar surface area (TPSA) is 34.0 Å². The summed E-state index contributed by atoms with van der Waals surface area (Å²) in [6, 6.07) is 2.19. The van der Waals surface area contributed by atoms with E-state index >= 15 is 0 Å². The minimum atomic E-state index is 0. The van der Waals surface area contributed by atoms with Crippen molar-refractivity contribution in [3.63, 3.8) is 0 Å². The maximum Gasteiger partial charge on any atom is 0.268 e. The van der Waals surface area contributed by atoms with Crippen LogP contribution >= 0.6 is 29.4 Å². The van der Waals surface area contributed by atoms with Crippen LogP contribution in [0.1, 0.15) is 23.5 Å². The zero-order chi connectivity index (χ0) is 8.72. The predicted molar refractivity (Wildman–Crippen MR) is 59.6 cm³/mol. The van der Waals surface area contributed by atoms with Gasteiger partial charge in [-0.15, -0.1) is 0 Å². The lowest BCUT2D eigenvalue weighted by atomic mass is 10.2. The second-order valence-electron chi connectivity index (χ2n) is 3.01. The quantitative estimate of drug-likeness (QED) is 0.759. The van der Waals surface area contributed by atoms with Gasteiger partial charge >= 0.3 is 0 Å². The minimum absolute atomic E-state index is 0. The van der Waals surface area contributed by atoms with E-state index in [4.69, 9.17) is 0 Å². The first-order valence-electron chi connectivity index (χ1n) is 3.84. The molecular weight excluding hydrogens is 252 g/mol. The van der Waals surface area contributed by atoms with E-state index in [1.54, 1.807) is 0 Å². The van der Waals surface area contributed by atoms with Crippen LogP contribution in [0.25, 0.3) is 0 Å². The van der Waals surface area contributed by atoms with E-state index in [1.165, 1.54) is 0 Å². The SMILES string of the molecule is C[C@H]1CNC(=O)c2cc(Br)cn21.S. The van der Waals surface area contributed by atoms with Gasteiger partial charge in [0.15, 0.2) is 0 Å². The van der Waals surface area contributed by atoms with Crippen LogP contribution in [0.4, 0.5) is 0 Å². The third-order valence-corrected chi connectivity index (χ3v) is 2.51. The van der Waals surface area contributed by atoms with E-state index in [0.717, 1.165) is 10.2 Å². The summed E-state index contributed by atoms with van der Waals surface area (Å²) >= 11 is 3.35.